The Labute approximate surface area is 172 Å². The number of phenolic OH excluding ortho intramolecular Hbond substituents is 2. The van der Waals surface area contributed by atoms with E-state index in [1.165, 1.54) is 12.1 Å². The highest BCUT2D eigenvalue weighted by atomic mass is 19.1. The van der Waals surface area contributed by atoms with Crippen molar-refractivity contribution in [3.8, 4) is 33.9 Å². The molecule has 0 aliphatic heterocycles. The van der Waals surface area contributed by atoms with E-state index in [9.17, 15) is 14.6 Å². The van der Waals surface area contributed by atoms with Gasteiger partial charge in [0, 0.05) is 18.2 Å². The van der Waals surface area contributed by atoms with Crippen molar-refractivity contribution in [2.24, 2.45) is 0 Å². The van der Waals surface area contributed by atoms with Crippen LogP contribution in [0.1, 0.15) is 5.56 Å². The van der Waals surface area contributed by atoms with Crippen LogP contribution < -0.4 is 11.1 Å². The maximum absolute atomic E-state index is 13.4. The molecule has 7 heteroatoms. The van der Waals surface area contributed by atoms with Crippen molar-refractivity contribution in [2.45, 2.75) is 6.54 Å². The number of benzene rings is 3. The van der Waals surface area contributed by atoms with Crippen LogP contribution in [-0.2, 0) is 6.54 Å². The lowest BCUT2D eigenvalue weighted by atomic mass is 10.0. The molecule has 30 heavy (non-hydrogen) atoms. The minimum atomic E-state index is -0.312. The summed E-state index contributed by atoms with van der Waals surface area (Å²) in [6.45, 7) is 0.354. The molecule has 0 atom stereocenters. The molecule has 0 saturated carbocycles. The highest BCUT2D eigenvalue weighted by Crippen LogP contribution is 2.34. The third kappa shape index (κ3) is 4.30. The second-order valence-corrected chi connectivity index (χ2v) is 6.76. The zero-order valence-corrected chi connectivity index (χ0v) is 15.9. The molecule has 5 N–H and O–H groups in total. The van der Waals surface area contributed by atoms with Gasteiger partial charge < -0.3 is 21.3 Å². The lowest BCUT2D eigenvalue weighted by Gasteiger charge is -2.11. The average molecular weight is 402 g/mol. The number of nitrogens with zero attached hydrogens (tertiary/aromatic N) is 2. The topological polar surface area (TPSA) is 104 Å². The van der Waals surface area contributed by atoms with Gasteiger partial charge in [0.05, 0.1) is 5.69 Å². The van der Waals surface area contributed by atoms with Gasteiger partial charge in [-0.05, 0) is 53.1 Å². The second kappa shape index (κ2) is 8.08. The molecule has 1 heterocycles. The van der Waals surface area contributed by atoms with Crippen LogP contribution in [-0.4, -0.2) is 20.2 Å². The van der Waals surface area contributed by atoms with Gasteiger partial charge in [-0.2, -0.15) is 4.98 Å². The van der Waals surface area contributed by atoms with Gasteiger partial charge in [-0.3, -0.25) is 0 Å². The number of nitrogen functional groups attached to an aromatic ring is 1. The quantitative estimate of drug-likeness (QED) is 0.390. The fraction of sp³-hybridized carbons (Fsp3) is 0.0435. The summed E-state index contributed by atoms with van der Waals surface area (Å²) in [5, 5.41) is 23.0. The van der Waals surface area contributed by atoms with Crippen LogP contribution in [0.2, 0.25) is 0 Å². The molecule has 0 aliphatic carbocycles. The summed E-state index contributed by atoms with van der Waals surface area (Å²) in [5.41, 5.74) is 9.28. The van der Waals surface area contributed by atoms with Crippen molar-refractivity contribution in [3.63, 3.8) is 0 Å². The normalized spacial score (nSPS) is 10.7. The van der Waals surface area contributed by atoms with Gasteiger partial charge in [0.2, 0.25) is 5.95 Å². The van der Waals surface area contributed by atoms with Crippen molar-refractivity contribution in [3.05, 3.63) is 84.2 Å². The first-order valence-corrected chi connectivity index (χ1v) is 9.23. The van der Waals surface area contributed by atoms with E-state index in [1.54, 1.807) is 60.7 Å². The molecule has 0 fully saturated rings. The SMILES string of the molecule is Nc1nc(NCc2cccc(F)c2)cc(-c2cc(-c3ccc(O)cc3)ccc2O)n1. The Morgan fingerprint density at radius 3 is 2.40 bits per heavy atom. The molecule has 0 amide bonds. The van der Waals surface area contributed by atoms with E-state index in [4.69, 9.17) is 5.73 Å². The van der Waals surface area contributed by atoms with Crippen LogP contribution in [0.4, 0.5) is 16.2 Å². The molecule has 0 spiro atoms. The van der Waals surface area contributed by atoms with Crippen molar-refractivity contribution in [1.82, 2.24) is 9.97 Å². The van der Waals surface area contributed by atoms with Crippen LogP contribution in [0.5, 0.6) is 11.5 Å². The highest BCUT2D eigenvalue weighted by Gasteiger charge is 2.11. The lowest BCUT2D eigenvalue weighted by Crippen LogP contribution is -2.05. The van der Waals surface area contributed by atoms with Crippen LogP contribution in [0.15, 0.2) is 72.8 Å². The summed E-state index contributed by atoms with van der Waals surface area (Å²) in [6.07, 6.45) is 0. The minimum Gasteiger partial charge on any atom is -0.508 e. The van der Waals surface area contributed by atoms with Crippen LogP contribution >= 0.6 is 0 Å². The largest absolute Gasteiger partial charge is 0.508 e. The molecule has 0 saturated heterocycles. The van der Waals surface area contributed by atoms with Gasteiger partial charge in [0.15, 0.2) is 0 Å². The summed E-state index contributed by atoms with van der Waals surface area (Å²) in [4.78, 5) is 8.42. The Kier molecular flexibility index (Phi) is 5.17. The maximum Gasteiger partial charge on any atom is 0.222 e. The van der Waals surface area contributed by atoms with Gasteiger partial charge >= 0.3 is 0 Å². The minimum absolute atomic E-state index is 0.0451. The van der Waals surface area contributed by atoms with Crippen LogP contribution in [0.3, 0.4) is 0 Å². The number of anilines is 2. The van der Waals surface area contributed by atoms with E-state index in [-0.39, 0.29) is 23.3 Å². The lowest BCUT2D eigenvalue weighted by molar-refractivity contribution is 0.475. The van der Waals surface area contributed by atoms with Gasteiger partial charge in [0.1, 0.15) is 23.1 Å². The number of aromatic hydroxyl groups is 2. The second-order valence-electron chi connectivity index (χ2n) is 6.76. The number of hydrogen-bond donors (Lipinski definition) is 4. The summed E-state index contributed by atoms with van der Waals surface area (Å²) in [7, 11) is 0. The fourth-order valence-electron chi connectivity index (χ4n) is 3.11. The van der Waals surface area contributed by atoms with E-state index in [0.29, 0.717) is 23.6 Å². The number of nitrogens with one attached hydrogen (secondary N) is 1. The van der Waals surface area contributed by atoms with Gasteiger partial charge in [0.25, 0.3) is 0 Å². The zero-order valence-electron chi connectivity index (χ0n) is 15.9. The van der Waals surface area contributed by atoms with E-state index >= 15 is 0 Å². The first-order chi connectivity index (χ1) is 14.5. The summed E-state index contributed by atoms with van der Waals surface area (Å²) >= 11 is 0. The van der Waals surface area contributed by atoms with E-state index in [2.05, 4.69) is 15.3 Å². The molecular formula is C23H19FN4O2. The van der Waals surface area contributed by atoms with Gasteiger partial charge in [-0.1, -0.05) is 30.3 Å². The predicted octanol–water partition coefficient (Wildman–Crippen LogP) is 4.56. The summed E-state index contributed by atoms with van der Waals surface area (Å²) < 4.78 is 13.4. The summed E-state index contributed by atoms with van der Waals surface area (Å²) in [5.74, 6) is 0.412. The molecule has 4 aromatic rings. The number of phenols is 2. The third-order valence-electron chi connectivity index (χ3n) is 4.58. The monoisotopic (exact) mass is 402 g/mol. The first-order valence-electron chi connectivity index (χ1n) is 9.23. The molecular weight excluding hydrogens is 383 g/mol. The standard InChI is InChI=1S/C23H19FN4O2/c24-17-3-1-2-14(10-17)13-26-22-12-20(27-23(25)28-22)19-11-16(6-9-21(19)30)15-4-7-18(29)8-5-15/h1-12,29-30H,13H2,(H3,25,26,27,28). The number of hydrogen-bond acceptors (Lipinski definition) is 6. The van der Waals surface area contributed by atoms with Crippen molar-refractivity contribution < 1.29 is 14.6 Å². The van der Waals surface area contributed by atoms with Crippen molar-refractivity contribution in [2.75, 3.05) is 11.1 Å². The Balaban J connectivity index is 1.65. The van der Waals surface area contributed by atoms with Crippen molar-refractivity contribution >= 4 is 11.8 Å². The van der Waals surface area contributed by atoms with E-state index in [0.717, 1.165) is 16.7 Å². The summed E-state index contributed by atoms with van der Waals surface area (Å²) in [6, 6.07) is 19.8. The van der Waals surface area contributed by atoms with Crippen molar-refractivity contribution in [1.29, 1.82) is 0 Å². The molecule has 3 aromatic carbocycles. The van der Waals surface area contributed by atoms with E-state index < -0.39 is 0 Å². The average Bonchev–Trinajstić information content (AvgIpc) is 2.73. The Morgan fingerprint density at radius 1 is 0.867 bits per heavy atom. The Bertz CT molecular complexity index is 1200. The van der Waals surface area contributed by atoms with Crippen LogP contribution in [0.25, 0.3) is 22.4 Å². The number of halogens is 1. The molecule has 1 aromatic heterocycles. The smallest absolute Gasteiger partial charge is 0.222 e. The van der Waals surface area contributed by atoms with Gasteiger partial charge in [-0.15, -0.1) is 0 Å². The Hall–Kier alpha value is -4.13. The number of aromatic nitrogens is 2. The number of rotatable bonds is 5. The molecule has 0 radical (unpaired) electrons. The zero-order chi connectivity index (χ0) is 21.1. The molecule has 0 bridgehead atoms. The molecule has 150 valence electrons. The molecule has 4 rings (SSSR count). The van der Waals surface area contributed by atoms with E-state index in [1.807, 2.05) is 0 Å². The van der Waals surface area contributed by atoms with Gasteiger partial charge in [-0.25, -0.2) is 9.37 Å². The first kappa shape index (κ1) is 19.2. The Morgan fingerprint density at radius 2 is 1.63 bits per heavy atom. The molecule has 6 nitrogen and oxygen atoms in total. The predicted molar refractivity (Wildman–Crippen MR) is 114 cm³/mol. The highest BCUT2D eigenvalue weighted by molar-refractivity contribution is 5.77. The van der Waals surface area contributed by atoms with Crippen LogP contribution in [0, 0.1) is 5.82 Å². The molecule has 0 unspecified atom stereocenters. The number of nitrogens with two attached hydrogens (primary N) is 1. The third-order valence-corrected chi connectivity index (χ3v) is 4.58. The fourth-order valence-corrected chi connectivity index (χ4v) is 3.11. The molecule has 0 aliphatic rings. The maximum atomic E-state index is 13.4.